The van der Waals surface area contributed by atoms with E-state index in [2.05, 4.69) is 4.72 Å². The van der Waals surface area contributed by atoms with Gasteiger partial charge in [-0.2, -0.15) is 17.4 Å². The second-order valence-electron chi connectivity index (χ2n) is 5.81. The van der Waals surface area contributed by atoms with Gasteiger partial charge in [-0.3, -0.25) is 4.79 Å². The summed E-state index contributed by atoms with van der Waals surface area (Å²) in [7, 11) is -3.70. The van der Waals surface area contributed by atoms with Crippen molar-refractivity contribution in [1.82, 2.24) is 9.03 Å². The van der Waals surface area contributed by atoms with E-state index in [0.29, 0.717) is 31.8 Å². The molecular formula is C12H22N2O4S. The molecule has 1 atom stereocenters. The zero-order chi connectivity index (χ0) is 14.1. The van der Waals surface area contributed by atoms with Crippen molar-refractivity contribution in [1.29, 1.82) is 0 Å². The third-order valence-electron chi connectivity index (χ3n) is 4.15. The molecule has 2 aliphatic rings. The number of aliphatic carboxylic acids is 1. The Morgan fingerprint density at radius 2 is 1.95 bits per heavy atom. The molecule has 0 aromatic rings. The first-order chi connectivity index (χ1) is 8.86. The first kappa shape index (κ1) is 14.7. The molecule has 2 fully saturated rings. The first-order valence-electron chi connectivity index (χ1n) is 6.88. The molecule has 0 aromatic carbocycles. The molecule has 7 heteroatoms. The van der Waals surface area contributed by atoms with Gasteiger partial charge in [-0.25, -0.2) is 0 Å². The van der Waals surface area contributed by atoms with Gasteiger partial charge in [0.05, 0.1) is 0 Å². The molecule has 0 amide bonds. The molecule has 1 aliphatic heterocycles. The standard InChI is InChI=1S/C12H22N2O4S/c1-10-5-4-8-14(9-10)19(17,18)13-12(11(15)16)6-2-3-7-12/h10,13H,2-9H2,1H3,(H,15,16). The van der Waals surface area contributed by atoms with Crippen molar-refractivity contribution < 1.29 is 18.3 Å². The maximum absolute atomic E-state index is 12.3. The summed E-state index contributed by atoms with van der Waals surface area (Å²) in [5.74, 6) is -0.728. The Balaban J connectivity index is 2.13. The number of carboxylic acids is 1. The minimum Gasteiger partial charge on any atom is -0.480 e. The Morgan fingerprint density at radius 1 is 1.32 bits per heavy atom. The van der Waals surface area contributed by atoms with E-state index in [1.54, 1.807) is 0 Å². The number of piperidine rings is 1. The van der Waals surface area contributed by atoms with Crippen molar-refractivity contribution in [3.05, 3.63) is 0 Å². The van der Waals surface area contributed by atoms with Crippen molar-refractivity contribution >= 4 is 16.2 Å². The second-order valence-corrected chi connectivity index (χ2v) is 7.48. The molecule has 19 heavy (non-hydrogen) atoms. The summed E-state index contributed by atoms with van der Waals surface area (Å²) in [6.07, 6.45) is 4.13. The van der Waals surface area contributed by atoms with E-state index in [0.717, 1.165) is 25.7 Å². The Hall–Kier alpha value is -0.660. The van der Waals surface area contributed by atoms with Gasteiger partial charge in [-0.05, 0) is 31.6 Å². The van der Waals surface area contributed by atoms with Crippen LogP contribution in [-0.2, 0) is 15.0 Å². The molecule has 6 nitrogen and oxygen atoms in total. The van der Waals surface area contributed by atoms with E-state index in [4.69, 9.17) is 0 Å². The average molecular weight is 290 g/mol. The van der Waals surface area contributed by atoms with Crippen LogP contribution in [0.2, 0.25) is 0 Å². The van der Waals surface area contributed by atoms with Crippen molar-refractivity contribution in [2.24, 2.45) is 5.92 Å². The van der Waals surface area contributed by atoms with Gasteiger partial charge < -0.3 is 5.11 Å². The number of hydrogen-bond donors (Lipinski definition) is 2. The minimum atomic E-state index is -3.70. The minimum absolute atomic E-state index is 0.328. The summed E-state index contributed by atoms with van der Waals surface area (Å²) in [4.78, 5) is 11.4. The van der Waals surface area contributed by atoms with Crippen LogP contribution < -0.4 is 4.72 Å². The monoisotopic (exact) mass is 290 g/mol. The van der Waals surface area contributed by atoms with Crippen LogP contribution in [0.1, 0.15) is 45.4 Å². The van der Waals surface area contributed by atoms with Gasteiger partial charge >= 0.3 is 5.97 Å². The van der Waals surface area contributed by atoms with Gasteiger partial charge in [0.2, 0.25) is 0 Å². The molecule has 110 valence electrons. The molecule has 1 saturated carbocycles. The summed E-state index contributed by atoms with van der Waals surface area (Å²) in [5, 5.41) is 9.33. The summed E-state index contributed by atoms with van der Waals surface area (Å²) < 4.78 is 28.5. The van der Waals surface area contributed by atoms with Gasteiger partial charge in [0.15, 0.2) is 0 Å². The van der Waals surface area contributed by atoms with E-state index < -0.39 is 21.7 Å². The van der Waals surface area contributed by atoms with E-state index >= 15 is 0 Å². The fraction of sp³-hybridized carbons (Fsp3) is 0.917. The van der Waals surface area contributed by atoms with Crippen molar-refractivity contribution in [2.45, 2.75) is 51.0 Å². The van der Waals surface area contributed by atoms with E-state index in [1.807, 2.05) is 6.92 Å². The smallest absolute Gasteiger partial charge is 0.324 e. The van der Waals surface area contributed by atoms with Gasteiger partial charge in [-0.1, -0.05) is 19.8 Å². The van der Waals surface area contributed by atoms with Crippen molar-refractivity contribution in [3.8, 4) is 0 Å². The van der Waals surface area contributed by atoms with Crippen molar-refractivity contribution in [2.75, 3.05) is 13.1 Å². The highest BCUT2D eigenvalue weighted by molar-refractivity contribution is 7.87. The van der Waals surface area contributed by atoms with Crippen LogP contribution in [-0.4, -0.2) is 42.4 Å². The molecule has 0 aromatic heterocycles. The largest absolute Gasteiger partial charge is 0.480 e. The zero-order valence-corrected chi connectivity index (χ0v) is 12.1. The van der Waals surface area contributed by atoms with Crippen LogP contribution >= 0.6 is 0 Å². The zero-order valence-electron chi connectivity index (χ0n) is 11.3. The molecule has 1 heterocycles. The number of rotatable bonds is 4. The molecular weight excluding hydrogens is 268 g/mol. The van der Waals surface area contributed by atoms with Crippen LogP contribution in [0.25, 0.3) is 0 Å². The lowest BCUT2D eigenvalue weighted by atomic mass is 10.0. The number of carbonyl (C=O) groups is 1. The Labute approximate surface area is 114 Å². The maximum atomic E-state index is 12.3. The third-order valence-corrected chi connectivity index (χ3v) is 5.81. The quantitative estimate of drug-likeness (QED) is 0.807. The van der Waals surface area contributed by atoms with E-state index in [9.17, 15) is 18.3 Å². The van der Waals surface area contributed by atoms with Crippen LogP contribution in [0.3, 0.4) is 0 Å². The topological polar surface area (TPSA) is 86.7 Å². The lowest BCUT2D eigenvalue weighted by Crippen LogP contribution is -2.57. The number of hydrogen-bond acceptors (Lipinski definition) is 3. The molecule has 1 unspecified atom stereocenters. The van der Waals surface area contributed by atoms with Gasteiger partial charge in [-0.15, -0.1) is 0 Å². The second kappa shape index (κ2) is 5.38. The lowest BCUT2D eigenvalue weighted by molar-refractivity contribution is -0.143. The van der Waals surface area contributed by atoms with Crippen LogP contribution in [0.5, 0.6) is 0 Å². The summed E-state index contributed by atoms with van der Waals surface area (Å²) in [5.41, 5.74) is -1.29. The normalized spacial score (nSPS) is 28.4. The van der Waals surface area contributed by atoms with Crippen molar-refractivity contribution in [3.63, 3.8) is 0 Å². The predicted octanol–water partition coefficient (Wildman–Crippen LogP) is 0.950. The highest BCUT2D eigenvalue weighted by Crippen LogP contribution is 2.31. The summed E-state index contributed by atoms with van der Waals surface area (Å²) >= 11 is 0. The Morgan fingerprint density at radius 3 is 2.47 bits per heavy atom. The SMILES string of the molecule is CC1CCCN(S(=O)(=O)NC2(C(=O)O)CCCC2)C1. The molecule has 1 aliphatic carbocycles. The number of nitrogens with zero attached hydrogens (tertiary/aromatic N) is 1. The Bertz CT molecular complexity index is 443. The summed E-state index contributed by atoms with van der Waals surface area (Å²) in [6, 6.07) is 0. The molecule has 0 spiro atoms. The highest BCUT2D eigenvalue weighted by atomic mass is 32.2. The maximum Gasteiger partial charge on any atom is 0.324 e. The fourth-order valence-electron chi connectivity index (χ4n) is 3.01. The highest BCUT2D eigenvalue weighted by Gasteiger charge is 2.46. The fourth-order valence-corrected chi connectivity index (χ4v) is 4.75. The van der Waals surface area contributed by atoms with E-state index in [1.165, 1.54) is 4.31 Å². The molecule has 2 rings (SSSR count). The third kappa shape index (κ3) is 3.09. The molecule has 2 N–H and O–H groups in total. The molecule has 0 bridgehead atoms. The first-order valence-corrected chi connectivity index (χ1v) is 8.32. The van der Waals surface area contributed by atoms with Crippen LogP contribution in [0.4, 0.5) is 0 Å². The number of nitrogens with one attached hydrogen (secondary N) is 1. The predicted molar refractivity (Wildman–Crippen MR) is 70.9 cm³/mol. The van der Waals surface area contributed by atoms with Crippen LogP contribution in [0.15, 0.2) is 0 Å². The van der Waals surface area contributed by atoms with Gasteiger partial charge in [0.1, 0.15) is 5.54 Å². The van der Waals surface area contributed by atoms with E-state index in [-0.39, 0.29) is 0 Å². The van der Waals surface area contributed by atoms with Gasteiger partial charge in [0.25, 0.3) is 10.2 Å². The lowest BCUT2D eigenvalue weighted by Gasteiger charge is -2.33. The Kier molecular flexibility index (Phi) is 4.17. The molecule has 0 radical (unpaired) electrons. The summed E-state index contributed by atoms with van der Waals surface area (Å²) in [6.45, 7) is 2.98. The molecule has 1 saturated heterocycles. The van der Waals surface area contributed by atoms with Gasteiger partial charge in [0, 0.05) is 13.1 Å². The van der Waals surface area contributed by atoms with Crippen LogP contribution in [0, 0.1) is 5.92 Å². The number of carboxylic acid groups (broad SMARTS) is 1. The average Bonchev–Trinajstić information content (AvgIpc) is 2.78.